The van der Waals surface area contributed by atoms with Crippen molar-refractivity contribution in [3.05, 3.63) is 34.3 Å². The lowest BCUT2D eigenvalue weighted by Gasteiger charge is -2.11. The molecule has 3 nitrogen and oxygen atoms in total. The molecule has 1 amide bonds. The Bertz CT molecular complexity index is 403. The molecule has 0 saturated heterocycles. The minimum absolute atomic E-state index is 0.0399. The number of hydroxylamine groups is 1. The van der Waals surface area contributed by atoms with E-state index in [4.69, 9.17) is 4.84 Å². The first kappa shape index (κ1) is 13.6. The molecule has 0 heterocycles. The zero-order valence-electron chi connectivity index (χ0n) is 10.3. The van der Waals surface area contributed by atoms with Gasteiger partial charge in [-0.05, 0) is 37.0 Å². The summed E-state index contributed by atoms with van der Waals surface area (Å²) >= 11 is 3.42. The molecule has 1 aliphatic carbocycles. The molecule has 1 fully saturated rings. The summed E-state index contributed by atoms with van der Waals surface area (Å²) in [6.45, 7) is 0. The van der Waals surface area contributed by atoms with Gasteiger partial charge in [0.05, 0.1) is 6.10 Å². The molecular weight excluding hydrogens is 294 g/mol. The molecular formula is C14H18BrNO2. The van der Waals surface area contributed by atoms with Gasteiger partial charge in [0.2, 0.25) is 5.91 Å². The normalized spacial score (nSPS) is 15.8. The third kappa shape index (κ3) is 4.42. The van der Waals surface area contributed by atoms with Crippen LogP contribution in [0.2, 0.25) is 0 Å². The minimum atomic E-state index is -0.0399. The summed E-state index contributed by atoms with van der Waals surface area (Å²) < 4.78 is 1.04. The maximum atomic E-state index is 11.6. The van der Waals surface area contributed by atoms with Crippen LogP contribution >= 0.6 is 15.9 Å². The van der Waals surface area contributed by atoms with E-state index in [1.165, 1.54) is 12.8 Å². The van der Waals surface area contributed by atoms with Crippen LogP contribution < -0.4 is 5.48 Å². The standard InChI is InChI=1S/C14H18BrNO2/c15-12-5-3-4-11(10-12)8-9-14(17)16-18-13-6-1-2-7-13/h3-5,10,13H,1-2,6-9H2,(H,16,17). The number of benzene rings is 1. The van der Waals surface area contributed by atoms with Crippen LogP contribution in [0.15, 0.2) is 28.7 Å². The molecule has 0 aliphatic heterocycles. The van der Waals surface area contributed by atoms with Gasteiger partial charge in [0, 0.05) is 10.9 Å². The summed E-state index contributed by atoms with van der Waals surface area (Å²) in [4.78, 5) is 17.0. The maximum Gasteiger partial charge on any atom is 0.243 e. The van der Waals surface area contributed by atoms with Crippen molar-refractivity contribution in [2.24, 2.45) is 0 Å². The number of hydrogen-bond donors (Lipinski definition) is 1. The second-order valence-corrected chi connectivity index (χ2v) is 5.60. The number of hydrogen-bond acceptors (Lipinski definition) is 2. The average molecular weight is 312 g/mol. The molecule has 1 saturated carbocycles. The van der Waals surface area contributed by atoms with Crippen molar-refractivity contribution in [2.45, 2.75) is 44.6 Å². The Balaban J connectivity index is 1.68. The van der Waals surface area contributed by atoms with Crippen molar-refractivity contribution in [3.63, 3.8) is 0 Å². The Morgan fingerprint density at radius 1 is 1.39 bits per heavy atom. The van der Waals surface area contributed by atoms with E-state index in [1.807, 2.05) is 24.3 Å². The van der Waals surface area contributed by atoms with Crippen molar-refractivity contribution in [3.8, 4) is 0 Å². The van der Waals surface area contributed by atoms with Gasteiger partial charge in [0.1, 0.15) is 0 Å². The summed E-state index contributed by atoms with van der Waals surface area (Å²) in [5, 5.41) is 0. The first-order valence-corrected chi connectivity index (χ1v) is 7.22. The SMILES string of the molecule is O=C(CCc1cccc(Br)c1)NOC1CCCC1. The van der Waals surface area contributed by atoms with Gasteiger partial charge in [0.25, 0.3) is 0 Å². The van der Waals surface area contributed by atoms with Crippen LogP contribution in [0.1, 0.15) is 37.7 Å². The highest BCUT2D eigenvalue weighted by Gasteiger charge is 2.16. The van der Waals surface area contributed by atoms with Gasteiger partial charge in [-0.1, -0.05) is 40.9 Å². The van der Waals surface area contributed by atoms with Crippen LogP contribution in [0, 0.1) is 0 Å². The molecule has 2 rings (SSSR count). The van der Waals surface area contributed by atoms with Gasteiger partial charge in [0.15, 0.2) is 0 Å². The highest BCUT2D eigenvalue weighted by Crippen LogP contribution is 2.20. The molecule has 0 unspecified atom stereocenters. The van der Waals surface area contributed by atoms with Crippen molar-refractivity contribution in [2.75, 3.05) is 0 Å². The third-order valence-corrected chi connectivity index (χ3v) is 3.66. The fourth-order valence-corrected chi connectivity index (χ4v) is 2.60. The Morgan fingerprint density at radius 3 is 2.89 bits per heavy atom. The van der Waals surface area contributed by atoms with E-state index in [1.54, 1.807) is 0 Å². The quantitative estimate of drug-likeness (QED) is 0.847. The predicted molar refractivity (Wildman–Crippen MR) is 73.9 cm³/mol. The van der Waals surface area contributed by atoms with Crippen LogP contribution in [-0.4, -0.2) is 12.0 Å². The van der Waals surface area contributed by atoms with E-state index in [9.17, 15) is 4.79 Å². The molecule has 0 radical (unpaired) electrons. The van der Waals surface area contributed by atoms with Gasteiger partial charge < -0.3 is 0 Å². The van der Waals surface area contributed by atoms with E-state index in [2.05, 4.69) is 21.4 Å². The molecule has 0 spiro atoms. The summed E-state index contributed by atoms with van der Waals surface area (Å²) in [6, 6.07) is 8.01. The number of aryl methyl sites for hydroxylation is 1. The zero-order chi connectivity index (χ0) is 12.8. The smallest absolute Gasteiger partial charge is 0.243 e. The largest absolute Gasteiger partial charge is 0.273 e. The lowest BCUT2D eigenvalue weighted by Crippen LogP contribution is -2.28. The van der Waals surface area contributed by atoms with Crippen LogP contribution in [0.3, 0.4) is 0 Å². The Kier molecular flexibility index (Phi) is 5.20. The van der Waals surface area contributed by atoms with Crippen molar-refractivity contribution >= 4 is 21.8 Å². The van der Waals surface area contributed by atoms with E-state index < -0.39 is 0 Å². The lowest BCUT2D eigenvalue weighted by molar-refractivity contribution is -0.138. The number of amides is 1. The number of halogens is 1. The highest BCUT2D eigenvalue weighted by molar-refractivity contribution is 9.10. The molecule has 1 N–H and O–H groups in total. The average Bonchev–Trinajstić information content (AvgIpc) is 2.87. The van der Waals surface area contributed by atoms with Gasteiger partial charge in [-0.25, -0.2) is 5.48 Å². The van der Waals surface area contributed by atoms with Crippen molar-refractivity contribution in [1.82, 2.24) is 5.48 Å². The highest BCUT2D eigenvalue weighted by atomic mass is 79.9. The number of carbonyl (C=O) groups excluding carboxylic acids is 1. The topological polar surface area (TPSA) is 38.3 Å². The summed E-state index contributed by atoms with van der Waals surface area (Å²) in [5.74, 6) is -0.0399. The molecule has 98 valence electrons. The van der Waals surface area contributed by atoms with Crippen LogP contribution in [-0.2, 0) is 16.1 Å². The molecule has 4 heteroatoms. The van der Waals surface area contributed by atoms with Gasteiger partial charge >= 0.3 is 0 Å². The minimum Gasteiger partial charge on any atom is -0.273 e. The number of rotatable bonds is 5. The molecule has 1 aliphatic rings. The molecule has 0 bridgehead atoms. The number of carbonyl (C=O) groups is 1. The van der Waals surface area contributed by atoms with Crippen LogP contribution in [0.5, 0.6) is 0 Å². The maximum absolute atomic E-state index is 11.6. The third-order valence-electron chi connectivity index (χ3n) is 3.17. The Hall–Kier alpha value is -0.870. The van der Waals surface area contributed by atoms with E-state index in [-0.39, 0.29) is 12.0 Å². The van der Waals surface area contributed by atoms with E-state index >= 15 is 0 Å². The zero-order valence-corrected chi connectivity index (χ0v) is 11.9. The van der Waals surface area contributed by atoms with E-state index in [0.717, 1.165) is 29.3 Å². The molecule has 1 aromatic carbocycles. The van der Waals surface area contributed by atoms with Gasteiger partial charge in [-0.2, -0.15) is 0 Å². The number of nitrogens with one attached hydrogen (secondary N) is 1. The lowest BCUT2D eigenvalue weighted by atomic mass is 10.1. The first-order chi connectivity index (χ1) is 8.74. The van der Waals surface area contributed by atoms with Crippen LogP contribution in [0.4, 0.5) is 0 Å². The molecule has 0 atom stereocenters. The van der Waals surface area contributed by atoms with Gasteiger partial charge in [-0.3, -0.25) is 9.63 Å². The van der Waals surface area contributed by atoms with Crippen molar-refractivity contribution < 1.29 is 9.63 Å². The summed E-state index contributed by atoms with van der Waals surface area (Å²) in [5.41, 5.74) is 3.71. The molecule has 0 aromatic heterocycles. The Labute approximate surface area is 116 Å². The van der Waals surface area contributed by atoms with Crippen molar-refractivity contribution in [1.29, 1.82) is 0 Å². The fourth-order valence-electron chi connectivity index (χ4n) is 2.16. The predicted octanol–water partition coefficient (Wildman–Crippen LogP) is 3.37. The summed E-state index contributed by atoms with van der Waals surface area (Å²) in [7, 11) is 0. The monoisotopic (exact) mass is 311 g/mol. The fraction of sp³-hybridized carbons (Fsp3) is 0.500. The second-order valence-electron chi connectivity index (χ2n) is 4.68. The van der Waals surface area contributed by atoms with Crippen LogP contribution in [0.25, 0.3) is 0 Å². The molecule has 1 aromatic rings. The van der Waals surface area contributed by atoms with E-state index in [0.29, 0.717) is 6.42 Å². The molecule has 18 heavy (non-hydrogen) atoms. The van der Waals surface area contributed by atoms with Gasteiger partial charge in [-0.15, -0.1) is 0 Å². The second kappa shape index (κ2) is 6.90. The summed E-state index contributed by atoms with van der Waals surface area (Å²) in [6.07, 6.45) is 5.96. The Morgan fingerprint density at radius 2 is 2.17 bits per heavy atom. The first-order valence-electron chi connectivity index (χ1n) is 6.43.